The first-order valence-electron chi connectivity index (χ1n) is 9.18. The molecule has 7 nitrogen and oxygen atoms in total. The van der Waals surface area contributed by atoms with Gasteiger partial charge in [-0.25, -0.2) is 9.97 Å². The van der Waals surface area contributed by atoms with E-state index in [4.69, 9.17) is 14.2 Å². The molecule has 154 valence electrons. The third-order valence-electron chi connectivity index (χ3n) is 4.67. The van der Waals surface area contributed by atoms with Gasteiger partial charge in [-0.05, 0) is 10.9 Å². The molecule has 2 heterocycles. The first-order valence-corrected chi connectivity index (χ1v) is 10.1. The van der Waals surface area contributed by atoms with E-state index in [0.29, 0.717) is 34.4 Å². The van der Waals surface area contributed by atoms with Crippen molar-refractivity contribution in [3.63, 3.8) is 0 Å². The Balaban J connectivity index is 1.69. The van der Waals surface area contributed by atoms with Gasteiger partial charge < -0.3 is 24.6 Å². The molecule has 0 aliphatic rings. The molecule has 4 aromatic rings. The van der Waals surface area contributed by atoms with Crippen molar-refractivity contribution < 1.29 is 19.3 Å². The topological polar surface area (TPSA) is 85.7 Å². The van der Waals surface area contributed by atoms with Crippen LogP contribution in [0.3, 0.4) is 0 Å². The predicted octanol–water partition coefficient (Wildman–Crippen LogP) is 4.54. The standard InChI is InChI=1S/C22H21N3O4S/c1-27-16-9-14(10-17(28-2)21(16)29-3)24-22-23-11-18-19(25-22)15(12-30-18)20(26)13-7-5-4-6-8-13/h4-12,20,26H,1-3H3,(H,23,24,25). The molecule has 30 heavy (non-hydrogen) atoms. The minimum absolute atomic E-state index is 0.400. The van der Waals surface area contributed by atoms with Gasteiger partial charge in [-0.3, -0.25) is 0 Å². The second-order valence-electron chi connectivity index (χ2n) is 6.45. The lowest BCUT2D eigenvalue weighted by molar-refractivity contribution is 0.222. The highest BCUT2D eigenvalue weighted by Crippen LogP contribution is 2.40. The number of nitrogens with zero attached hydrogens (tertiary/aromatic N) is 2. The zero-order valence-corrected chi connectivity index (χ0v) is 17.6. The summed E-state index contributed by atoms with van der Waals surface area (Å²) in [6.45, 7) is 0. The monoisotopic (exact) mass is 423 g/mol. The van der Waals surface area contributed by atoms with E-state index in [0.717, 1.165) is 15.8 Å². The largest absolute Gasteiger partial charge is 0.493 e. The minimum Gasteiger partial charge on any atom is -0.493 e. The lowest BCUT2D eigenvalue weighted by Gasteiger charge is -2.14. The molecule has 2 aromatic carbocycles. The van der Waals surface area contributed by atoms with Crippen LogP contribution in [0.5, 0.6) is 17.2 Å². The van der Waals surface area contributed by atoms with Crippen LogP contribution < -0.4 is 19.5 Å². The highest BCUT2D eigenvalue weighted by atomic mass is 32.1. The van der Waals surface area contributed by atoms with E-state index in [1.807, 2.05) is 35.7 Å². The minimum atomic E-state index is -0.760. The van der Waals surface area contributed by atoms with Crippen LogP contribution in [-0.4, -0.2) is 36.4 Å². The van der Waals surface area contributed by atoms with Gasteiger partial charge in [0, 0.05) is 23.4 Å². The van der Waals surface area contributed by atoms with Gasteiger partial charge in [0.05, 0.1) is 37.7 Å². The number of hydrogen-bond acceptors (Lipinski definition) is 8. The third-order valence-corrected chi connectivity index (χ3v) is 5.60. The zero-order valence-electron chi connectivity index (χ0n) is 16.7. The van der Waals surface area contributed by atoms with Crippen molar-refractivity contribution in [1.29, 1.82) is 0 Å². The highest BCUT2D eigenvalue weighted by Gasteiger charge is 2.18. The number of ether oxygens (including phenoxy) is 3. The summed E-state index contributed by atoms with van der Waals surface area (Å²) < 4.78 is 17.1. The Labute approximate surface area is 177 Å². The SMILES string of the molecule is COc1cc(Nc2ncc3scc(C(O)c4ccccc4)c3n2)cc(OC)c1OC. The van der Waals surface area contributed by atoms with Gasteiger partial charge in [0.25, 0.3) is 0 Å². The van der Waals surface area contributed by atoms with Crippen molar-refractivity contribution in [3.05, 3.63) is 65.2 Å². The number of aliphatic hydroxyl groups is 1. The Hall–Kier alpha value is -3.36. The molecule has 8 heteroatoms. The molecular formula is C22H21N3O4S. The Morgan fingerprint density at radius 1 is 1.00 bits per heavy atom. The maximum atomic E-state index is 10.8. The number of anilines is 2. The number of aliphatic hydroxyl groups excluding tert-OH is 1. The molecule has 0 spiro atoms. The molecule has 0 aliphatic heterocycles. The number of thiophene rings is 1. The molecule has 0 fully saturated rings. The quantitative estimate of drug-likeness (QED) is 0.451. The molecule has 1 atom stereocenters. The van der Waals surface area contributed by atoms with Crippen LogP contribution in [0.2, 0.25) is 0 Å². The van der Waals surface area contributed by atoms with Crippen LogP contribution in [0.1, 0.15) is 17.2 Å². The first-order chi connectivity index (χ1) is 14.6. The normalized spacial score (nSPS) is 11.9. The van der Waals surface area contributed by atoms with Crippen molar-refractivity contribution in [2.75, 3.05) is 26.6 Å². The molecule has 2 N–H and O–H groups in total. The van der Waals surface area contributed by atoms with Gasteiger partial charge in [-0.1, -0.05) is 30.3 Å². The van der Waals surface area contributed by atoms with Crippen molar-refractivity contribution in [3.8, 4) is 17.2 Å². The molecule has 4 rings (SSSR count). The molecule has 1 unspecified atom stereocenters. The van der Waals surface area contributed by atoms with E-state index in [1.165, 1.54) is 11.3 Å². The fraction of sp³-hybridized carbons (Fsp3) is 0.182. The highest BCUT2D eigenvalue weighted by molar-refractivity contribution is 7.17. The molecule has 0 radical (unpaired) electrons. The molecule has 0 saturated carbocycles. The summed E-state index contributed by atoms with van der Waals surface area (Å²) in [6, 6.07) is 13.1. The Morgan fingerprint density at radius 2 is 1.70 bits per heavy atom. The smallest absolute Gasteiger partial charge is 0.227 e. The molecule has 0 saturated heterocycles. The summed E-state index contributed by atoms with van der Waals surface area (Å²) in [6.07, 6.45) is 0.984. The Bertz CT molecular complexity index is 1140. The number of hydrogen-bond donors (Lipinski definition) is 2. The fourth-order valence-corrected chi connectivity index (χ4v) is 4.08. The average molecular weight is 423 g/mol. The van der Waals surface area contributed by atoms with Crippen LogP contribution >= 0.6 is 11.3 Å². The van der Waals surface area contributed by atoms with Crippen molar-refractivity contribution in [1.82, 2.24) is 9.97 Å². The van der Waals surface area contributed by atoms with Gasteiger partial charge >= 0.3 is 0 Å². The van der Waals surface area contributed by atoms with Crippen molar-refractivity contribution >= 4 is 33.2 Å². The average Bonchev–Trinajstić information content (AvgIpc) is 3.21. The number of rotatable bonds is 7. The number of fused-ring (bicyclic) bond motifs is 1. The lowest BCUT2D eigenvalue weighted by atomic mass is 10.0. The van der Waals surface area contributed by atoms with Crippen LogP contribution in [0, 0.1) is 0 Å². The van der Waals surface area contributed by atoms with Gasteiger partial charge in [-0.2, -0.15) is 0 Å². The molecule has 0 amide bonds. The number of benzene rings is 2. The summed E-state index contributed by atoms with van der Waals surface area (Å²) in [4.78, 5) is 9.04. The van der Waals surface area contributed by atoms with Crippen LogP contribution in [0.25, 0.3) is 10.2 Å². The Morgan fingerprint density at radius 3 is 2.33 bits per heavy atom. The second-order valence-corrected chi connectivity index (χ2v) is 7.36. The van der Waals surface area contributed by atoms with Crippen molar-refractivity contribution in [2.45, 2.75) is 6.10 Å². The second kappa shape index (κ2) is 8.56. The molecular weight excluding hydrogens is 402 g/mol. The van der Waals surface area contributed by atoms with E-state index in [-0.39, 0.29) is 0 Å². The predicted molar refractivity (Wildman–Crippen MR) is 117 cm³/mol. The van der Waals surface area contributed by atoms with E-state index in [1.54, 1.807) is 39.7 Å². The third kappa shape index (κ3) is 3.74. The summed E-state index contributed by atoms with van der Waals surface area (Å²) in [7, 11) is 4.68. The molecule has 0 aliphatic carbocycles. The molecule has 2 aromatic heterocycles. The summed E-state index contributed by atoms with van der Waals surface area (Å²) in [5.74, 6) is 1.96. The van der Waals surface area contributed by atoms with Crippen molar-refractivity contribution in [2.24, 2.45) is 0 Å². The fourth-order valence-electron chi connectivity index (χ4n) is 3.20. The van der Waals surface area contributed by atoms with E-state index >= 15 is 0 Å². The first kappa shape index (κ1) is 19.9. The maximum absolute atomic E-state index is 10.8. The Kier molecular flexibility index (Phi) is 5.69. The summed E-state index contributed by atoms with van der Waals surface area (Å²) >= 11 is 1.50. The number of nitrogens with one attached hydrogen (secondary N) is 1. The molecule has 0 bridgehead atoms. The van der Waals surface area contributed by atoms with Gasteiger partial charge in [0.15, 0.2) is 11.5 Å². The van der Waals surface area contributed by atoms with E-state index < -0.39 is 6.10 Å². The maximum Gasteiger partial charge on any atom is 0.227 e. The zero-order chi connectivity index (χ0) is 21.1. The summed E-state index contributed by atoms with van der Waals surface area (Å²) in [5, 5.41) is 15.9. The van der Waals surface area contributed by atoms with Gasteiger partial charge in [0.2, 0.25) is 11.7 Å². The number of aromatic nitrogens is 2. The van der Waals surface area contributed by atoms with Crippen LogP contribution in [0.15, 0.2) is 54.0 Å². The van der Waals surface area contributed by atoms with Crippen LogP contribution in [0.4, 0.5) is 11.6 Å². The van der Waals surface area contributed by atoms with Crippen LogP contribution in [-0.2, 0) is 0 Å². The lowest BCUT2D eigenvalue weighted by Crippen LogP contribution is -2.02. The number of methoxy groups -OCH3 is 3. The van der Waals surface area contributed by atoms with Gasteiger partial charge in [-0.15, -0.1) is 11.3 Å². The summed E-state index contributed by atoms with van der Waals surface area (Å²) in [5.41, 5.74) is 2.96. The van der Waals surface area contributed by atoms with Gasteiger partial charge in [0.1, 0.15) is 6.10 Å². The van der Waals surface area contributed by atoms with E-state index in [2.05, 4.69) is 15.3 Å². The van der Waals surface area contributed by atoms with E-state index in [9.17, 15) is 5.11 Å².